The molecule has 0 aliphatic carbocycles. The Bertz CT molecular complexity index is 404. The van der Waals surface area contributed by atoms with Gasteiger partial charge in [-0.2, -0.15) is 5.26 Å². The largest absolute Gasteiger partial charge is 0.313 e. The van der Waals surface area contributed by atoms with Crippen LogP contribution in [0.5, 0.6) is 0 Å². The van der Waals surface area contributed by atoms with Crippen molar-refractivity contribution in [2.45, 2.75) is 46.6 Å². The molecule has 3 nitrogen and oxygen atoms in total. The lowest BCUT2D eigenvalue weighted by molar-refractivity contribution is 0.422. The van der Waals surface area contributed by atoms with Gasteiger partial charge in [-0.3, -0.25) is 4.98 Å². The fraction of sp³-hybridized carbons (Fsp3) is 0.600. The molecule has 0 amide bonds. The van der Waals surface area contributed by atoms with Crippen LogP contribution in [0.3, 0.4) is 0 Å². The Kier molecular flexibility index (Phi) is 5.80. The van der Waals surface area contributed by atoms with E-state index >= 15 is 0 Å². The Hall–Kier alpha value is -1.40. The third kappa shape index (κ3) is 5.29. The Morgan fingerprint density at radius 1 is 1.39 bits per heavy atom. The summed E-state index contributed by atoms with van der Waals surface area (Å²) in [4.78, 5) is 4.08. The molecule has 0 aliphatic rings. The third-order valence-electron chi connectivity index (χ3n) is 3.16. The van der Waals surface area contributed by atoms with Gasteiger partial charge in [0.15, 0.2) is 0 Å². The zero-order chi connectivity index (χ0) is 13.4. The molecule has 0 spiro atoms. The van der Waals surface area contributed by atoms with E-state index in [4.69, 9.17) is 5.26 Å². The van der Waals surface area contributed by atoms with Gasteiger partial charge < -0.3 is 5.32 Å². The van der Waals surface area contributed by atoms with E-state index in [9.17, 15) is 0 Å². The second-order valence-electron chi connectivity index (χ2n) is 5.43. The number of rotatable bonds is 7. The fourth-order valence-corrected chi connectivity index (χ4v) is 1.80. The van der Waals surface area contributed by atoms with E-state index in [1.165, 1.54) is 11.1 Å². The number of nitrogens with zero attached hydrogens (tertiary/aromatic N) is 2. The summed E-state index contributed by atoms with van der Waals surface area (Å²) in [7, 11) is 0. The van der Waals surface area contributed by atoms with Crippen molar-refractivity contribution >= 4 is 0 Å². The fourth-order valence-electron chi connectivity index (χ4n) is 1.80. The van der Waals surface area contributed by atoms with E-state index in [0.29, 0.717) is 0 Å². The minimum Gasteiger partial charge on any atom is -0.313 e. The smallest absolute Gasteiger partial charge is 0.0683 e. The highest BCUT2D eigenvalue weighted by molar-refractivity contribution is 5.21. The van der Waals surface area contributed by atoms with Crippen LogP contribution in [0.2, 0.25) is 0 Å². The van der Waals surface area contributed by atoms with Crippen molar-refractivity contribution in [3.63, 3.8) is 0 Å². The van der Waals surface area contributed by atoms with Gasteiger partial charge in [-0.05, 0) is 57.4 Å². The molecule has 0 saturated heterocycles. The van der Waals surface area contributed by atoms with Crippen LogP contribution >= 0.6 is 0 Å². The molecule has 0 radical (unpaired) electrons. The maximum Gasteiger partial charge on any atom is 0.0683 e. The molecule has 1 rings (SSSR count). The predicted molar refractivity (Wildman–Crippen MR) is 73.9 cm³/mol. The summed E-state index contributed by atoms with van der Waals surface area (Å²) in [6.45, 7) is 7.99. The topological polar surface area (TPSA) is 48.7 Å². The van der Waals surface area contributed by atoms with E-state index in [1.807, 2.05) is 26.2 Å². The summed E-state index contributed by atoms with van der Waals surface area (Å²) in [6.07, 6.45) is 6.92. The summed E-state index contributed by atoms with van der Waals surface area (Å²) in [5.41, 5.74) is 2.36. The lowest BCUT2D eigenvalue weighted by Crippen LogP contribution is -2.16. The van der Waals surface area contributed by atoms with Crippen molar-refractivity contribution < 1.29 is 0 Å². The highest BCUT2D eigenvalue weighted by Gasteiger charge is 2.15. The molecule has 1 N–H and O–H groups in total. The van der Waals surface area contributed by atoms with E-state index in [2.05, 4.69) is 29.4 Å². The number of aromatic nitrogens is 1. The van der Waals surface area contributed by atoms with Gasteiger partial charge in [-0.1, -0.05) is 6.42 Å². The van der Waals surface area contributed by atoms with Gasteiger partial charge in [0, 0.05) is 18.9 Å². The first kappa shape index (κ1) is 14.7. The van der Waals surface area contributed by atoms with Gasteiger partial charge in [0.05, 0.1) is 11.5 Å². The number of aryl methyl sites for hydroxylation is 1. The summed E-state index contributed by atoms with van der Waals surface area (Å²) in [5.74, 6) is 0. The molecule has 0 fully saturated rings. The van der Waals surface area contributed by atoms with Crippen LogP contribution in [-0.4, -0.2) is 11.5 Å². The van der Waals surface area contributed by atoms with Crippen molar-refractivity contribution in [2.75, 3.05) is 6.54 Å². The monoisotopic (exact) mass is 245 g/mol. The summed E-state index contributed by atoms with van der Waals surface area (Å²) in [6, 6.07) is 4.39. The average Bonchev–Trinajstić information content (AvgIpc) is 2.35. The van der Waals surface area contributed by atoms with Gasteiger partial charge >= 0.3 is 0 Å². The Balaban J connectivity index is 2.13. The highest BCUT2D eigenvalue weighted by Crippen LogP contribution is 2.21. The van der Waals surface area contributed by atoms with Crippen molar-refractivity contribution in [1.82, 2.24) is 10.3 Å². The molecular weight excluding hydrogens is 222 g/mol. The molecular formula is C15H23N3. The lowest BCUT2D eigenvalue weighted by atomic mass is 9.89. The van der Waals surface area contributed by atoms with Gasteiger partial charge in [-0.25, -0.2) is 0 Å². The number of unbranched alkanes of at least 4 members (excludes halogenated alkanes) is 1. The minimum atomic E-state index is -0.179. The number of hydrogen-bond acceptors (Lipinski definition) is 3. The molecule has 18 heavy (non-hydrogen) atoms. The first-order valence-electron chi connectivity index (χ1n) is 6.56. The molecule has 0 atom stereocenters. The molecule has 0 aromatic carbocycles. The standard InChI is InChI=1S/C15H23N3/c1-13-10-18-9-6-14(13)11-17-8-5-4-7-15(2,3)12-16/h6,9-10,17H,4-5,7-8,11H2,1-3H3. The summed E-state index contributed by atoms with van der Waals surface area (Å²) in [5, 5.41) is 12.3. The van der Waals surface area contributed by atoms with Crippen molar-refractivity contribution in [3.8, 4) is 6.07 Å². The second-order valence-corrected chi connectivity index (χ2v) is 5.43. The maximum absolute atomic E-state index is 8.90. The molecule has 0 saturated carbocycles. The molecule has 1 heterocycles. The lowest BCUT2D eigenvalue weighted by Gasteiger charge is -2.14. The van der Waals surface area contributed by atoms with Gasteiger partial charge in [0.25, 0.3) is 0 Å². The number of nitriles is 1. The van der Waals surface area contributed by atoms with Crippen LogP contribution in [0.4, 0.5) is 0 Å². The van der Waals surface area contributed by atoms with Crippen LogP contribution in [0, 0.1) is 23.7 Å². The van der Waals surface area contributed by atoms with E-state index in [0.717, 1.165) is 32.4 Å². The van der Waals surface area contributed by atoms with Gasteiger partial charge in [0.1, 0.15) is 0 Å². The molecule has 0 aliphatic heterocycles. The van der Waals surface area contributed by atoms with Crippen molar-refractivity contribution in [2.24, 2.45) is 5.41 Å². The van der Waals surface area contributed by atoms with Crippen LogP contribution in [0.25, 0.3) is 0 Å². The average molecular weight is 245 g/mol. The van der Waals surface area contributed by atoms with E-state index < -0.39 is 0 Å². The van der Waals surface area contributed by atoms with Crippen LogP contribution < -0.4 is 5.32 Å². The molecule has 3 heteroatoms. The number of hydrogen-bond donors (Lipinski definition) is 1. The Morgan fingerprint density at radius 3 is 2.83 bits per heavy atom. The van der Waals surface area contributed by atoms with Crippen molar-refractivity contribution in [1.29, 1.82) is 5.26 Å². The molecule has 1 aromatic heterocycles. The normalized spacial score (nSPS) is 11.2. The Labute approximate surface area is 110 Å². The second kappa shape index (κ2) is 7.13. The number of nitrogens with one attached hydrogen (secondary N) is 1. The highest BCUT2D eigenvalue weighted by atomic mass is 14.8. The molecule has 0 bridgehead atoms. The van der Waals surface area contributed by atoms with Crippen LogP contribution in [-0.2, 0) is 6.54 Å². The minimum absolute atomic E-state index is 0.179. The predicted octanol–water partition coefficient (Wildman–Crippen LogP) is 3.20. The summed E-state index contributed by atoms with van der Waals surface area (Å²) < 4.78 is 0. The molecule has 98 valence electrons. The molecule has 0 unspecified atom stereocenters. The van der Waals surface area contributed by atoms with Gasteiger partial charge in [-0.15, -0.1) is 0 Å². The first-order chi connectivity index (χ1) is 8.55. The van der Waals surface area contributed by atoms with Crippen LogP contribution in [0.1, 0.15) is 44.2 Å². The number of pyridine rings is 1. The third-order valence-corrected chi connectivity index (χ3v) is 3.16. The van der Waals surface area contributed by atoms with E-state index in [-0.39, 0.29) is 5.41 Å². The maximum atomic E-state index is 8.90. The zero-order valence-corrected chi connectivity index (χ0v) is 11.7. The zero-order valence-electron chi connectivity index (χ0n) is 11.7. The quantitative estimate of drug-likeness (QED) is 0.750. The first-order valence-corrected chi connectivity index (χ1v) is 6.56. The van der Waals surface area contributed by atoms with E-state index in [1.54, 1.807) is 0 Å². The molecule has 1 aromatic rings. The van der Waals surface area contributed by atoms with Crippen molar-refractivity contribution in [3.05, 3.63) is 29.6 Å². The SMILES string of the molecule is Cc1cnccc1CNCCCCC(C)(C)C#N. The van der Waals surface area contributed by atoms with Crippen LogP contribution in [0.15, 0.2) is 18.5 Å². The summed E-state index contributed by atoms with van der Waals surface area (Å²) >= 11 is 0. The Morgan fingerprint density at radius 2 is 2.17 bits per heavy atom. The van der Waals surface area contributed by atoms with Gasteiger partial charge in [0.2, 0.25) is 0 Å².